The van der Waals surface area contributed by atoms with E-state index < -0.39 is 0 Å². The highest BCUT2D eigenvalue weighted by atomic mass is 16.5. The van der Waals surface area contributed by atoms with Crippen molar-refractivity contribution in [3.05, 3.63) is 11.7 Å². The van der Waals surface area contributed by atoms with Crippen LogP contribution < -0.4 is 10.6 Å². The zero-order valence-electron chi connectivity index (χ0n) is 12.2. The van der Waals surface area contributed by atoms with Crippen molar-refractivity contribution in [1.29, 1.82) is 0 Å². The van der Waals surface area contributed by atoms with Crippen molar-refractivity contribution in [2.24, 2.45) is 0 Å². The van der Waals surface area contributed by atoms with Crippen LogP contribution in [-0.2, 0) is 17.6 Å². The summed E-state index contributed by atoms with van der Waals surface area (Å²) in [6.07, 6.45) is 6.15. The molecule has 0 spiro atoms. The summed E-state index contributed by atoms with van der Waals surface area (Å²) in [5, 5.41) is 10.2. The zero-order valence-corrected chi connectivity index (χ0v) is 12.2. The van der Waals surface area contributed by atoms with Crippen molar-refractivity contribution in [3.63, 3.8) is 0 Å². The van der Waals surface area contributed by atoms with Crippen molar-refractivity contribution in [1.82, 2.24) is 20.8 Å². The van der Waals surface area contributed by atoms with Crippen LogP contribution in [0, 0.1) is 0 Å². The molecule has 1 aliphatic heterocycles. The number of carbonyl (C=O) groups is 1. The lowest BCUT2D eigenvalue weighted by Gasteiger charge is -2.10. The molecular weight excluding hydrogens is 256 g/mol. The maximum atomic E-state index is 11.7. The summed E-state index contributed by atoms with van der Waals surface area (Å²) in [7, 11) is 0. The Kier molecular flexibility index (Phi) is 5.98. The third-order valence-electron chi connectivity index (χ3n) is 3.49. The lowest BCUT2D eigenvalue weighted by atomic mass is 10.2. The molecule has 2 heterocycles. The summed E-state index contributed by atoms with van der Waals surface area (Å²) in [5.74, 6) is 1.50. The number of hydrogen-bond donors (Lipinski definition) is 2. The van der Waals surface area contributed by atoms with Gasteiger partial charge in [-0.1, -0.05) is 12.1 Å². The largest absolute Gasteiger partial charge is 0.355 e. The van der Waals surface area contributed by atoms with Gasteiger partial charge in [0, 0.05) is 31.8 Å². The Balaban J connectivity index is 1.58. The Bertz CT molecular complexity index is 413. The number of aryl methyl sites for hydroxylation is 2. The molecule has 0 aliphatic carbocycles. The fraction of sp³-hybridized carbons (Fsp3) is 0.786. The normalized spacial score (nSPS) is 18.4. The molecule has 2 N–H and O–H groups in total. The molecule has 1 unspecified atom stereocenters. The molecule has 1 atom stereocenters. The first kappa shape index (κ1) is 15.0. The minimum absolute atomic E-state index is 0.104. The topological polar surface area (TPSA) is 80.0 Å². The van der Waals surface area contributed by atoms with Crippen LogP contribution in [0.1, 0.15) is 50.7 Å². The summed E-state index contributed by atoms with van der Waals surface area (Å²) >= 11 is 0. The Hall–Kier alpha value is -1.43. The van der Waals surface area contributed by atoms with Crippen LogP contribution in [0.15, 0.2) is 4.52 Å². The fourth-order valence-electron chi connectivity index (χ4n) is 2.37. The van der Waals surface area contributed by atoms with E-state index in [-0.39, 0.29) is 5.91 Å². The van der Waals surface area contributed by atoms with Gasteiger partial charge in [-0.15, -0.1) is 0 Å². The molecule has 0 aromatic carbocycles. The van der Waals surface area contributed by atoms with E-state index in [1.165, 1.54) is 6.42 Å². The van der Waals surface area contributed by atoms with Crippen molar-refractivity contribution in [2.75, 3.05) is 13.1 Å². The second-order valence-electron chi connectivity index (χ2n) is 5.31. The van der Waals surface area contributed by atoms with Gasteiger partial charge in [0.2, 0.25) is 11.8 Å². The minimum Gasteiger partial charge on any atom is -0.355 e. The van der Waals surface area contributed by atoms with E-state index in [0.29, 0.717) is 24.8 Å². The Labute approximate surface area is 119 Å². The summed E-state index contributed by atoms with van der Waals surface area (Å²) < 4.78 is 5.14. The molecule has 1 aromatic rings. The summed E-state index contributed by atoms with van der Waals surface area (Å²) in [5.41, 5.74) is 0. The van der Waals surface area contributed by atoms with Gasteiger partial charge in [0.25, 0.3) is 0 Å². The van der Waals surface area contributed by atoms with E-state index >= 15 is 0 Å². The van der Waals surface area contributed by atoms with E-state index in [0.717, 1.165) is 44.6 Å². The molecule has 1 aliphatic rings. The molecule has 0 radical (unpaired) electrons. The van der Waals surface area contributed by atoms with Crippen molar-refractivity contribution in [3.8, 4) is 0 Å². The Morgan fingerprint density at radius 3 is 3.15 bits per heavy atom. The standard InChI is InChI=1S/C14H24N4O2/c1-2-5-12-17-14(20-18-12)8-3-7-13(19)16-10-11-6-4-9-15-11/h11,15H,2-10H2,1H3,(H,16,19). The maximum Gasteiger partial charge on any atom is 0.226 e. The number of nitrogens with one attached hydrogen (secondary N) is 2. The molecule has 0 saturated carbocycles. The summed E-state index contributed by atoms with van der Waals surface area (Å²) in [6.45, 7) is 3.89. The van der Waals surface area contributed by atoms with Gasteiger partial charge in [-0.25, -0.2) is 0 Å². The van der Waals surface area contributed by atoms with Crippen LogP contribution in [0.3, 0.4) is 0 Å². The van der Waals surface area contributed by atoms with Gasteiger partial charge in [-0.2, -0.15) is 4.98 Å². The molecule has 1 saturated heterocycles. The van der Waals surface area contributed by atoms with Crippen molar-refractivity contribution < 1.29 is 9.32 Å². The molecule has 112 valence electrons. The molecule has 6 nitrogen and oxygen atoms in total. The third kappa shape index (κ3) is 4.92. The second-order valence-corrected chi connectivity index (χ2v) is 5.31. The first-order valence-corrected chi connectivity index (χ1v) is 7.59. The minimum atomic E-state index is 0.104. The number of nitrogens with zero attached hydrogens (tertiary/aromatic N) is 2. The number of amides is 1. The predicted molar refractivity (Wildman–Crippen MR) is 75.3 cm³/mol. The van der Waals surface area contributed by atoms with Crippen molar-refractivity contribution in [2.45, 2.75) is 57.9 Å². The van der Waals surface area contributed by atoms with Crippen LogP contribution in [0.25, 0.3) is 0 Å². The number of hydrogen-bond acceptors (Lipinski definition) is 5. The Morgan fingerprint density at radius 1 is 1.50 bits per heavy atom. The fourth-order valence-corrected chi connectivity index (χ4v) is 2.37. The molecular formula is C14H24N4O2. The molecule has 1 fully saturated rings. The van der Waals surface area contributed by atoms with Gasteiger partial charge in [-0.05, 0) is 32.2 Å². The molecule has 6 heteroatoms. The van der Waals surface area contributed by atoms with Gasteiger partial charge in [-0.3, -0.25) is 4.79 Å². The first-order valence-electron chi connectivity index (χ1n) is 7.59. The highest BCUT2D eigenvalue weighted by Gasteiger charge is 2.14. The SMILES string of the molecule is CCCc1noc(CCCC(=O)NCC2CCCN2)n1. The maximum absolute atomic E-state index is 11.7. The van der Waals surface area contributed by atoms with Gasteiger partial charge >= 0.3 is 0 Å². The molecule has 20 heavy (non-hydrogen) atoms. The molecule has 2 rings (SSSR count). The van der Waals surface area contributed by atoms with Gasteiger partial charge in [0.15, 0.2) is 5.82 Å². The number of carbonyl (C=O) groups excluding carboxylic acids is 1. The van der Waals surface area contributed by atoms with E-state index in [2.05, 4.69) is 27.7 Å². The average Bonchev–Trinajstić information content (AvgIpc) is 3.08. The number of rotatable bonds is 8. The quantitative estimate of drug-likeness (QED) is 0.748. The van der Waals surface area contributed by atoms with E-state index in [1.54, 1.807) is 0 Å². The third-order valence-corrected chi connectivity index (χ3v) is 3.49. The van der Waals surface area contributed by atoms with Crippen molar-refractivity contribution >= 4 is 5.91 Å². The highest BCUT2D eigenvalue weighted by molar-refractivity contribution is 5.75. The average molecular weight is 280 g/mol. The zero-order chi connectivity index (χ0) is 14.2. The van der Waals surface area contributed by atoms with Gasteiger partial charge < -0.3 is 15.2 Å². The molecule has 1 aromatic heterocycles. The lowest BCUT2D eigenvalue weighted by Crippen LogP contribution is -2.37. The van der Waals surface area contributed by atoms with E-state index in [4.69, 9.17) is 4.52 Å². The molecule has 1 amide bonds. The van der Waals surface area contributed by atoms with E-state index in [9.17, 15) is 4.79 Å². The smallest absolute Gasteiger partial charge is 0.226 e. The summed E-state index contributed by atoms with van der Waals surface area (Å²) in [6, 6.07) is 0.450. The van der Waals surface area contributed by atoms with Gasteiger partial charge in [0.05, 0.1) is 0 Å². The molecule has 0 bridgehead atoms. The predicted octanol–water partition coefficient (Wildman–Crippen LogP) is 1.21. The first-order chi connectivity index (χ1) is 9.78. The lowest BCUT2D eigenvalue weighted by molar-refractivity contribution is -0.121. The van der Waals surface area contributed by atoms with Crippen LogP contribution >= 0.6 is 0 Å². The van der Waals surface area contributed by atoms with Crippen LogP contribution in [-0.4, -0.2) is 35.2 Å². The second kappa shape index (κ2) is 7.99. The Morgan fingerprint density at radius 2 is 2.40 bits per heavy atom. The van der Waals surface area contributed by atoms with Crippen LogP contribution in [0.4, 0.5) is 0 Å². The van der Waals surface area contributed by atoms with Crippen LogP contribution in [0.5, 0.6) is 0 Å². The number of aromatic nitrogens is 2. The van der Waals surface area contributed by atoms with E-state index in [1.807, 2.05) is 0 Å². The van der Waals surface area contributed by atoms with Gasteiger partial charge in [0.1, 0.15) is 0 Å². The monoisotopic (exact) mass is 280 g/mol. The van der Waals surface area contributed by atoms with Crippen LogP contribution in [0.2, 0.25) is 0 Å². The highest BCUT2D eigenvalue weighted by Crippen LogP contribution is 2.06. The summed E-state index contributed by atoms with van der Waals surface area (Å²) in [4.78, 5) is 16.0.